The number of amides is 2. The Hall–Kier alpha value is -6.39. The Morgan fingerprint density at radius 2 is 1.49 bits per heavy atom. The molecule has 2 amide bonds. The molecule has 0 bridgehead atoms. The number of aromatic carboxylic acids is 1. The minimum atomic E-state index is -1.21. The number of nitrogens with one attached hydrogen (secondary N) is 2. The van der Waals surface area contributed by atoms with Crippen LogP contribution in [-0.4, -0.2) is 84.9 Å². The van der Waals surface area contributed by atoms with Crippen LogP contribution in [0.15, 0.2) is 54.9 Å². The normalized spacial score (nSPS) is 11.6. The number of carbonyl (C=O) groups excluding carboxylic acids is 4. The number of carbonyl (C=O) groups is 5. The first kappa shape index (κ1) is 31.5. The topological polar surface area (TPSA) is 218 Å². The minimum absolute atomic E-state index is 0. The quantitative estimate of drug-likeness (QED) is 0.231. The van der Waals surface area contributed by atoms with Crippen LogP contribution >= 0.6 is 0 Å². The van der Waals surface area contributed by atoms with Gasteiger partial charge in [-0.1, -0.05) is 13.5 Å². The van der Waals surface area contributed by atoms with Gasteiger partial charge in [0.15, 0.2) is 35.0 Å². The van der Waals surface area contributed by atoms with Crippen LogP contribution in [0.2, 0.25) is 0 Å². The van der Waals surface area contributed by atoms with E-state index in [0.717, 1.165) is 11.6 Å². The van der Waals surface area contributed by atoms with Crippen LogP contribution in [0.25, 0.3) is 11.3 Å². The molecule has 6 rings (SSSR count). The SMILES string of the molecule is C.COC(=O)c1cc(C(=O)NCc2ccc3c(c2)NC(=O)CO3)nc2ccnn12.COC(=O)c1cc(C(=O)O)nc2ccnn12. The second-order valence-corrected chi connectivity index (χ2v) is 8.89. The molecule has 0 aliphatic carbocycles. The van der Waals surface area contributed by atoms with Crippen molar-refractivity contribution in [2.45, 2.75) is 14.0 Å². The lowest BCUT2D eigenvalue weighted by Crippen LogP contribution is -2.27. The van der Waals surface area contributed by atoms with Gasteiger partial charge in [-0.3, -0.25) is 9.59 Å². The standard InChI is InChI=1S/C18H15N5O5.C9H7N3O4.CH4/c1-27-18(26)13-7-12(21-15-4-5-20-23(13)15)17(25)19-8-10-2-3-14-11(6-10)22-16(24)9-28-14;1-16-9(15)6-4-5(8(13)14)11-7-2-3-10-12(6)7;/h2-7H,8-9H2,1H3,(H,19,25)(H,22,24);2-4H,1H3,(H,13,14);1H4. The van der Waals surface area contributed by atoms with Crippen molar-refractivity contribution in [3.8, 4) is 5.75 Å². The molecular weight excluding hydrogens is 592 g/mol. The van der Waals surface area contributed by atoms with E-state index < -0.39 is 23.8 Å². The van der Waals surface area contributed by atoms with Crippen molar-refractivity contribution in [3.05, 3.63) is 83.2 Å². The van der Waals surface area contributed by atoms with Gasteiger partial charge in [-0.05, 0) is 17.7 Å². The number of benzene rings is 1. The van der Waals surface area contributed by atoms with E-state index in [-0.39, 0.29) is 54.9 Å². The van der Waals surface area contributed by atoms with Crippen molar-refractivity contribution in [3.63, 3.8) is 0 Å². The highest BCUT2D eigenvalue weighted by atomic mass is 16.5. The third-order valence-corrected chi connectivity index (χ3v) is 6.09. The number of carboxylic acids is 1. The van der Waals surface area contributed by atoms with Crippen molar-refractivity contribution in [2.75, 3.05) is 26.1 Å². The van der Waals surface area contributed by atoms with E-state index in [1.165, 1.54) is 47.8 Å². The molecule has 5 aromatic rings. The molecule has 45 heavy (non-hydrogen) atoms. The van der Waals surface area contributed by atoms with Gasteiger partial charge in [0.1, 0.15) is 11.4 Å². The molecule has 0 saturated carbocycles. The second kappa shape index (κ2) is 13.3. The summed E-state index contributed by atoms with van der Waals surface area (Å²) in [5, 5.41) is 22.1. The first-order chi connectivity index (χ1) is 21.2. The number of aromatic nitrogens is 6. The van der Waals surface area contributed by atoms with E-state index in [1.807, 2.05) is 0 Å². The summed E-state index contributed by atoms with van der Waals surface area (Å²) in [6, 6.07) is 10.7. The Kier molecular flexibility index (Phi) is 9.31. The third-order valence-electron chi connectivity index (χ3n) is 6.09. The van der Waals surface area contributed by atoms with E-state index in [9.17, 15) is 24.0 Å². The van der Waals surface area contributed by atoms with Gasteiger partial charge < -0.3 is 30.0 Å². The molecule has 0 radical (unpaired) electrons. The van der Waals surface area contributed by atoms with Gasteiger partial charge in [0, 0.05) is 30.8 Å². The fraction of sp³-hybridized carbons (Fsp3) is 0.179. The van der Waals surface area contributed by atoms with Crippen molar-refractivity contribution in [1.29, 1.82) is 0 Å². The predicted octanol–water partition coefficient (Wildman–Crippen LogP) is 1.63. The number of hydrogen-bond donors (Lipinski definition) is 3. The van der Waals surface area contributed by atoms with E-state index in [2.05, 4.69) is 35.5 Å². The Balaban J connectivity index is 0.000000231. The van der Waals surface area contributed by atoms with E-state index >= 15 is 0 Å². The molecule has 1 aromatic carbocycles. The highest BCUT2D eigenvalue weighted by Crippen LogP contribution is 2.28. The third kappa shape index (κ3) is 6.66. The molecule has 0 unspecified atom stereocenters. The van der Waals surface area contributed by atoms with Crippen LogP contribution < -0.4 is 15.4 Å². The van der Waals surface area contributed by atoms with E-state index in [4.69, 9.17) is 14.6 Å². The molecule has 1 aliphatic rings. The van der Waals surface area contributed by atoms with Gasteiger partial charge in [0.2, 0.25) is 0 Å². The molecule has 0 fully saturated rings. The zero-order valence-corrected chi connectivity index (χ0v) is 23.0. The lowest BCUT2D eigenvalue weighted by Gasteiger charge is -2.18. The summed E-state index contributed by atoms with van der Waals surface area (Å²) >= 11 is 0. The van der Waals surface area contributed by atoms with Crippen molar-refractivity contribution in [1.82, 2.24) is 34.5 Å². The first-order valence-corrected chi connectivity index (χ1v) is 12.6. The summed E-state index contributed by atoms with van der Waals surface area (Å²) in [6.45, 7) is 0.177. The smallest absolute Gasteiger partial charge is 0.356 e. The number of esters is 2. The Labute approximate surface area is 253 Å². The van der Waals surface area contributed by atoms with Crippen LogP contribution in [0.5, 0.6) is 5.75 Å². The molecule has 3 N–H and O–H groups in total. The average molecular weight is 619 g/mol. The lowest BCUT2D eigenvalue weighted by atomic mass is 10.1. The van der Waals surface area contributed by atoms with Crippen molar-refractivity contribution in [2.24, 2.45) is 0 Å². The molecule has 17 heteroatoms. The molecule has 0 saturated heterocycles. The van der Waals surface area contributed by atoms with Gasteiger partial charge >= 0.3 is 17.9 Å². The van der Waals surface area contributed by atoms with Crippen LogP contribution in [-0.2, 0) is 20.8 Å². The number of methoxy groups -OCH3 is 2. The maximum Gasteiger partial charge on any atom is 0.356 e. The van der Waals surface area contributed by atoms with Gasteiger partial charge in [-0.25, -0.2) is 33.4 Å². The minimum Gasteiger partial charge on any atom is -0.482 e. The van der Waals surface area contributed by atoms with Crippen molar-refractivity contribution >= 4 is 46.7 Å². The zero-order chi connectivity index (χ0) is 31.4. The zero-order valence-electron chi connectivity index (χ0n) is 23.0. The number of hydrogen-bond acceptors (Lipinski definition) is 12. The molecule has 0 spiro atoms. The lowest BCUT2D eigenvalue weighted by molar-refractivity contribution is -0.118. The molecule has 232 valence electrons. The Morgan fingerprint density at radius 1 is 0.911 bits per heavy atom. The molecular formula is C28H26N8O9. The summed E-state index contributed by atoms with van der Waals surface area (Å²) in [5.41, 5.74) is 1.89. The highest BCUT2D eigenvalue weighted by molar-refractivity contribution is 5.97. The van der Waals surface area contributed by atoms with Gasteiger partial charge in [0.25, 0.3) is 11.8 Å². The van der Waals surface area contributed by atoms with E-state index in [1.54, 1.807) is 24.3 Å². The number of ether oxygens (including phenoxy) is 3. The maximum absolute atomic E-state index is 12.5. The van der Waals surface area contributed by atoms with Gasteiger partial charge in [0.05, 0.1) is 32.3 Å². The predicted molar refractivity (Wildman–Crippen MR) is 154 cm³/mol. The van der Waals surface area contributed by atoms with Gasteiger partial charge in [-0.15, -0.1) is 0 Å². The first-order valence-electron chi connectivity index (χ1n) is 12.6. The van der Waals surface area contributed by atoms with Crippen LogP contribution in [0.4, 0.5) is 5.69 Å². The Bertz CT molecular complexity index is 1950. The molecule has 1 aliphatic heterocycles. The van der Waals surface area contributed by atoms with Crippen LogP contribution in [0, 0.1) is 0 Å². The number of nitrogens with zero attached hydrogens (tertiary/aromatic N) is 6. The second-order valence-electron chi connectivity index (χ2n) is 8.89. The summed E-state index contributed by atoms with van der Waals surface area (Å²) in [5.74, 6) is -2.64. The van der Waals surface area contributed by atoms with Crippen LogP contribution in [0.1, 0.15) is 54.9 Å². The number of carboxylic acid groups (broad SMARTS) is 1. The monoisotopic (exact) mass is 618 g/mol. The number of fused-ring (bicyclic) bond motifs is 3. The van der Waals surface area contributed by atoms with Crippen LogP contribution in [0.3, 0.4) is 0 Å². The van der Waals surface area contributed by atoms with Gasteiger partial charge in [-0.2, -0.15) is 10.2 Å². The largest absolute Gasteiger partial charge is 0.482 e. The summed E-state index contributed by atoms with van der Waals surface area (Å²) in [7, 11) is 2.45. The summed E-state index contributed by atoms with van der Waals surface area (Å²) in [6.07, 6.45) is 2.89. The summed E-state index contributed by atoms with van der Waals surface area (Å²) < 4.78 is 17.1. The Morgan fingerprint density at radius 3 is 2.07 bits per heavy atom. The fourth-order valence-electron chi connectivity index (χ4n) is 4.06. The highest BCUT2D eigenvalue weighted by Gasteiger charge is 2.20. The number of anilines is 1. The number of rotatable bonds is 6. The maximum atomic E-state index is 12.5. The molecule has 0 atom stereocenters. The summed E-state index contributed by atoms with van der Waals surface area (Å²) in [4.78, 5) is 66.1. The average Bonchev–Trinajstić information content (AvgIpc) is 3.71. The van der Waals surface area contributed by atoms with Crippen molar-refractivity contribution < 1.29 is 43.3 Å². The molecule has 4 aromatic heterocycles. The fourth-order valence-corrected chi connectivity index (χ4v) is 4.06. The van der Waals surface area contributed by atoms with E-state index in [0.29, 0.717) is 17.1 Å². The molecule has 5 heterocycles. The molecule has 17 nitrogen and oxygen atoms in total.